The van der Waals surface area contributed by atoms with Crippen molar-refractivity contribution in [1.29, 1.82) is 0 Å². The molecule has 2 atom stereocenters. The Balaban J connectivity index is 1.64. The summed E-state index contributed by atoms with van der Waals surface area (Å²) in [5.74, 6) is 0.112. The molecule has 0 radical (unpaired) electrons. The van der Waals surface area contributed by atoms with Gasteiger partial charge in [-0.15, -0.1) is 0 Å². The number of para-hydroxylation sites is 2. The van der Waals surface area contributed by atoms with Crippen molar-refractivity contribution in [2.24, 2.45) is 0 Å². The molecule has 0 aromatic heterocycles. The zero-order valence-electron chi connectivity index (χ0n) is 16.0. The Bertz CT molecular complexity index is 788. The summed E-state index contributed by atoms with van der Waals surface area (Å²) < 4.78 is 11.3. The number of rotatable bonds is 8. The van der Waals surface area contributed by atoms with Crippen LogP contribution >= 0.6 is 0 Å². The second-order valence-corrected chi connectivity index (χ2v) is 6.71. The van der Waals surface area contributed by atoms with Crippen LogP contribution in [0.4, 0.5) is 5.69 Å². The van der Waals surface area contributed by atoms with Gasteiger partial charge in [-0.25, -0.2) is 0 Å². The molecule has 3 rings (SSSR count). The Hall–Kier alpha value is -2.86. The number of carbonyl (C=O) groups excluding carboxylic acids is 2. The SMILES string of the molecule is CC[C@H](Oc1ccccc1)C(=O)Nc1ccccc1C(=O)NC[C@H]1CCCO1. The quantitative estimate of drug-likeness (QED) is 0.734. The Kier molecular flexibility index (Phi) is 7.03. The molecule has 28 heavy (non-hydrogen) atoms. The number of hydrogen-bond acceptors (Lipinski definition) is 4. The molecule has 0 unspecified atom stereocenters. The zero-order chi connectivity index (χ0) is 19.8. The highest BCUT2D eigenvalue weighted by Gasteiger charge is 2.22. The predicted octanol–water partition coefficient (Wildman–Crippen LogP) is 3.39. The number of nitrogens with one attached hydrogen (secondary N) is 2. The molecule has 148 valence electrons. The first-order chi connectivity index (χ1) is 13.7. The number of amides is 2. The van der Waals surface area contributed by atoms with E-state index < -0.39 is 6.10 Å². The van der Waals surface area contributed by atoms with Gasteiger partial charge in [-0.3, -0.25) is 9.59 Å². The maximum Gasteiger partial charge on any atom is 0.265 e. The highest BCUT2D eigenvalue weighted by atomic mass is 16.5. The summed E-state index contributed by atoms with van der Waals surface area (Å²) in [5, 5.41) is 5.73. The molecule has 1 heterocycles. The van der Waals surface area contributed by atoms with E-state index in [-0.39, 0.29) is 17.9 Å². The summed E-state index contributed by atoms with van der Waals surface area (Å²) in [4.78, 5) is 25.3. The van der Waals surface area contributed by atoms with E-state index in [2.05, 4.69) is 10.6 Å². The fourth-order valence-corrected chi connectivity index (χ4v) is 3.10. The smallest absolute Gasteiger partial charge is 0.265 e. The van der Waals surface area contributed by atoms with Crippen LogP contribution in [0.1, 0.15) is 36.5 Å². The minimum Gasteiger partial charge on any atom is -0.481 e. The molecule has 6 heteroatoms. The number of hydrogen-bond donors (Lipinski definition) is 2. The molecule has 1 aliphatic rings. The van der Waals surface area contributed by atoms with Gasteiger partial charge < -0.3 is 20.1 Å². The van der Waals surface area contributed by atoms with Crippen LogP contribution in [0.5, 0.6) is 5.75 Å². The molecule has 1 aliphatic heterocycles. The molecular weight excluding hydrogens is 356 g/mol. The van der Waals surface area contributed by atoms with Crippen LogP contribution < -0.4 is 15.4 Å². The Morgan fingerprint density at radius 3 is 2.61 bits per heavy atom. The summed E-state index contributed by atoms with van der Waals surface area (Å²) >= 11 is 0. The van der Waals surface area contributed by atoms with Crippen LogP contribution in [0.25, 0.3) is 0 Å². The van der Waals surface area contributed by atoms with Gasteiger partial charge in [0.05, 0.1) is 17.4 Å². The average Bonchev–Trinajstić information content (AvgIpc) is 3.25. The molecule has 0 spiro atoms. The maximum absolute atomic E-state index is 12.7. The third-order valence-electron chi connectivity index (χ3n) is 4.63. The monoisotopic (exact) mass is 382 g/mol. The van der Waals surface area contributed by atoms with E-state index in [0.29, 0.717) is 30.0 Å². The first kappa shape index (κ1) is 19.9. The third kappa shape index (κ3) is 5.33. The van der Waals surface area contributed by atoms with Gasteiger partial charge in [-0.1, -0.05) is 37.3 Å². The lowest BCUT2D eigenvalue weighted by atomic mass is 10.1. The molecular formula is C22H26N2O4. The molecule has 2 aromatic carbocycles. The lowest BCUT2D eigenvalue weighted by molar-refractivity contribution is -0.122. The minimum atomic E-state index is -0.648. The van der Waals surface area contributed by atoms with Gasteiger partial charge in [0.25, 0.3) is 11.8 Å². The summed E-state index contributed by atoms with van der Waals surface area (Å²) in [6.07, 6.45) is 1.90. The van der Waals surface area contributed by atoms with Gasteiger partial charge in [0.1, 0.15) is 5.75 Å². The van der Waals surface area contributed by atoms with Crippen molar-refractivity contribution in [2.75, 3.05) is 18.5 Å². The normalized spacial score (nSPS) is 17.0. The molecule has 1 fully saturated rings. The van der Waals surface area contributed by atoms with E-state index in [4.69, 9.17) is 9.47 Å². The Labute approximate surface area is 165 Å². The predicted molar refractivity (Wildman–Crippen MR) is 108 cm³/mol. The molecule has 0 bridgehead atoms. The summed E-state index contributed by atoms with van der Waals surface area (Å²) in [6, 6.07) is 16.2. The first-order valence-corrected chi connectivity index (χ1v) is 9.68. The highest BCUT2D eigenvalue weighted by Crippen LogP contribution is 2.18. The fourth-order valence-electron chi connectivity index (χ4n) is 3.10. The largest absolute Gasteiger partial charge is 0.481 e. The third-order valence-corrected chi connectivity index (χ3v) is 4.63. The van der Waals surface area contributed by atoms with Crippen molar-refractivity contribution >= 4 is 17.5 Å². The molecule has 2 aromatic rings. The second kappa shape index (κ2) is 9.90. The number of carbonyl (C=O) groups is 2. The first-order valence-electron chi connectivity index (χ1n) is 9.68. The molecule has 0 saturated carbocycles. The van der Waals surface area contributed by atoms with Gasteiger partial charge in [-0.2, -0.15) is 0 Å². The summed E-state index contributed by atoms with van der Waals surface area (Å²) in [5.41, 5.74) is 0.885. The minimum absolute atomic E-state index is 0.0643. The Morgan fingerprint density at radius 2 is 1.89 bits per heavy atom. The van der Waals surface area contributed by atoms with Gasteiger partial charge in [-0.05, 0) is 43.5 Å². The Morgan fingerprint density at radius 1 is 1.14 bits per heavy atom. The summed E-state index contributed by atoms with van der Waals surface area (Å²) in [6.45, 7) is 3.09. The molecule has 6 nitrogen and oxygen atoms in total. The maximum atomic E-state index is 12.7. The lowest BCUT2D eigenvalue weighted by Gasteiger charge is -2.18. The van der Waals surface area contributed by atoms with Crippen molar-refractivity contribution in [3.63, 3.8) is 0 Å². The number of ether oxygens (including phenoxy) is 2. The lowest BCUT2D eigenvalue weighted by Crippen LogP contribution is -2.35. The van der Waals surface area contributed by atoms with E-state index in [1.807, 2.05) is 37.3 Å². The van der Waals surface area contributed by atoms with Crippen LogP contribution in [0.3, 0.4) is 0 Å². The van der Waals surface area contributed by atoms with Gasteiger partial charge in [0.2, 0.25) is 0 Å². The van der Waals surface area contributed by atoms with Crippen LogP contribution in [0.2, 0.25) is 0 Å². The highest BCUT2D eigenvalue weighted by molar-refractivity contribution is 6.04. The van der Waals surface area contributed by atoms with Crippen LogP contribution in [0.15, 0.2) is 54.6 Å². The van der Waals surface area contributed by atoms with E-state index in [1.54, 1.807) is 24.3 Å². The van der Waals surface area contributed by atoms with Crippen molar-refractivity contribution < 1.29 is 19.1 Å². The van der Waals surface area contributed by atoms with E-state index in [1.165, 1.54) is 0 Å². The molecule has 1 saturated heterocycles. The topological polar surface area (TPSA) is 76.7 Å². The van der Waals surface area contributed by atoms with Crippen molar-refractivity contribution in [3.05, 3.63) is 60.2 Å². The van der Waals surface area contributed by atoms with E-state index >= 15 is 0 Å². The van der Waals surface area contributed by atoms with Crippen LogP contribution in [0, 0.1) is 0 Å². The standard InChI is InChI=1S/C22H26N2O4/c1-2-20(28-16-9-4-3-5-10-16)22(26)24-19-13-7-6-12-18(19)21(25)23-15-17-11-8-14-27-17/h3-7,9-10,12-13,17,20H,2,8,11,14-15H2,1H3,(H,23,25)(H,24,26)/t17-,20+/m1/s1. The van der Waals surface area contributed by atoms with Gasteiger partial charge >= 0.3 is 0 Å². The molecule has 2 N–H and O–H groups in total. The number of benzene rings is 2. The molecule has 2 amide bonds. The van der Waals surface area contributed by atoms with Crippen molar-refractivity contribution in [1.82, 2.24) is 5.32 Å². The van der Waals surface area contributed by atoms with Crippen molar-refractivity contribution in [3.8, 4) is 5.75 Å². The number of anilines is 1. The summed E-state index contributed by atoms with van der Waals surface area (Å²) in [7, 11) is 0. The van der Waals surface area contributed by atoms with Crippen LogP contribution in [-0.2, 0) is 9.53 Å². The van der Waals surface area contributed by atoms with Gasteiger partial charge in [0, 0.05) is 13.2 Å². The van der Waals surface area contributed by atoms with Crippen LogP contribution in [-0.4, -0.2) is 37.2 Å². The van der Waals surface area contributed by atoms with Gasteiger partial charge in [0.15, 0.2) is 6.10 Å². The second-order valence-electron chi connectivity index (χ2n) is 6.71. The van der Waals surface area contributed by atoms with Crippen molar-refractivity contribution in [2.45, 2.75) is 38.4 Å². The fraction of sp³-hybridized carbons (Fsp3) is 0.364. The van der Waals surface area contributed by atoms with E-state index in [0.717, 1.165) is 19.4 Å². The molecule has 0 aliphatic carbocycles. The van der Waals surface area contributed by atoms with E-state index in [9.17, 15) is 9.59 Å². The zero-order valence-corrected chi connectivity index (χ0v) is 16.0. The average molecular weight is 382 g/mol.